The highest BCUT2D eigenvalue weighted by Gasteiger charge is 2.15. The summed E-state index contributed by atoms with van der Waals surface area (Å²) in [6, 6.07) is 8.20. The Balaban J connectivity index is 1.99. The van der Waals surface area contributed by atoms with E-state index in [1.165, 1.54) is 0 Å². The van der Waals surface area contributed by atoms with Gasteiger partial charge in [0.25, 0.3) is 0 Å². The molecule has 0 aliphatic heterocycles. The first-order valence-electron chi connectivity index (χ1n) is 6.18. The van der Waals surface area contributed by atoms with Gasteiger partial charge in [0.1, 0.15) is 5.69 Å². The first-order chi connectivity index (χ1) is 9.97. The van der Waals surface area contributed by atoms with E-state index < -0.39 is 12.0 Å². The van der Waals surface area contributed by atoms with Crippen LogP contribution >= 0.6 is 11.6 Å². The number of rotatable bonds is 4. The molecule has 0 aliphatic carbocycles. The van der Waals surface area contributed by atoms with Crippen molar-refractivity contribution >= 4 is 29.3 Å². The lowest BCUT2D eigenvalue weighted by atomic mass is 10.2. The summed E-state index contributed by atoms with van der Waals surface area (Å²) in [5.41, 5.74) is 1.59. The van der Waals surface area contributed by atoms with Crippen LogP contribution in [-0.4, -0.2) is 22.1 Å². The van der Waals surface area contributed by atoms with Crippen molar-refractivity contribution in [3.05, 3.63) is 52.3 Å². The number of hydrogen-bond acceptors (Lipinski definition) is 2. The Morgan fingerprint density at radius 3 is 2.71 bits per heavy atom. The molecule has 0 saturated heterocycles. The highest BCUT2D eigenvalue weighted by Crippen LogP contribution is 2.17. The molecule has 2 aromatic rings. The molecule has 0 bridgehead atoms. The maximum Gasteiger partial charge on any atom is 0.354 e. The number of carboxylic acid groups (broad SMARTS) is 1. The summed E-state index contributed by atoms with van der Waals surface area (Å²) >= 11 is 5.98. The summed E-state index contributed by atoms with van der Waals surface area (Å²) in [5, 5.41) is 14.7. The number of benzene rings is 1. The Morgan fingerprint density at radius 1 is 1.33 bits per heavy atom. The number of aryl methyl sites for hydroxylation is 1. The van der Waals surface area contributed by atoms with Gasteiger partial charge in [0.05, 0.1) is 5.69 Å². The van der Waals surface area contributed by atoms with E-state index in [1.54, 1.807) is 31.2 Å². The number of aromatic carboxylic acids is 1. The van der Waals surface area contributed by atoms with E-state index in [2.05, 4.69) is 15.6 Å². The molecule has 0 radical (unpaired) electrons. The molecule has 1 aromatic heterocycles. The summed E-state index contributed by atoms with van der Waals surface area (Å²) in [6.45, 7) is 1.95. The van der Waals surface area contributed by atoms with Gasteiger partial charge in [0, 0.05) is 17.3 Å². The molecule has 6 nitrogen and oxygen atoms in total. The Kier molecular flexibility index (Phi) is 4.49. The SMILES string of the molecule is Cc1cc(NC(=O)NCc2ccccc2Cl)c(C(=O)O)[nH]1. The number of anilines is 1. The van der Waals surface area contributed by atoms with Gasteiger partial charge in [-0.1, -0.05) is 29.8 Å². The second-order valence-electron chi connectivity index (χ2n) is 4.45. The highest BCUT2D eigenvalue weighted by atomic mass is 35.5. The molecule has 1 heterocycles. The van der Waals surface area contributed by atoms with Crippen molar-refractivity contribution in [3.63, 3.8) is 0 Å². The van der Waals surface area contributed by atoms with Crippen molar-refractivity contribution in [2.45, 2.75) is 13.5 Å². The van der Waals surface area contributed by atoms with Gasteiger partial charge in [-0.05, 0) is 24.6 Å². The second kappa shape index (κ2) is 6.32. The van der Waals surface area contributed by atoms with E-state index in [1.807, 2.05) is 6.07 Å². The number of hydrogen-bond donors (Lipinski definition) is 4. The summed E-state index contributed by atoms with van der Waals surface area (Å²) in [4.78, 5) is 25.5. The van der Waals surface area contributed by atoms with Gasteiger partial charge in [-0.25, -0.2) is 9.59 Å². The van der Waals surface area contributed by atoms with Crippen LogP contribution in [0.5, 0.6) is 0 Å². The molecular weight excluding hydrogens is 294 g/mol. The predicted molar refractivity (Wildman–Crippen MR) is 79.8 cm³/mol. The lowest BCUT2D eigenvalue weighted by Gasteiger charge is -2.08. The van der Waals surface area contributed by atoms with Crippen LogP contribution in [0.1, 0.15) is 21.7 Å². The Bertz CT molecular complexity index is 682. The average molecular weight is 308 g/mol. The number of amides is 2. The molecule has 0 aliphatic rings. The molecule has 7 heteroatoms. The molecule has 2 rings (SSSR count). The standard InChI is InChI=1S/C14H14ClN3O3/c1-8-6-11(12(17-8)13(19)20)18-14(21)16-7-9-4-2-3-5-10(9)15/h2-6,17H,7H2,1H3,(H,19,20)(H2,16,18,21). The Labute approximate surface area is 126 Å². The van der Waals surface area contributed by atoms with Crippen molar-refractivity contribution in [2.24, 2.45) is 0 Å². The van der Waals surface area contributed by atoms with Gasteiger partial charge in [-0.2, -0.15) is 0 Å². The van der Waals surface area contributed by atoms with E-state index in [0.29, 0.717) is 10.7 Å². The number of carboxylic acids is 1. The van der Waals surface area contributed by atoms with E-state index in [4.69, 9.17) is 16.7 Å². The number of aromatic nitrogens is 1. The fourth-order valence-electron chi connectivity index (χ4n) is 1.84. The fraction of sp³-hybridized carbons (Fsp3) is 0.143. The third kappa shape index (κ3) is 3.76. The van der Waals surface area contributed by atoms with Gasteiger partial charge in [-0.15, -0.1) is 0 Å². The maximum absolute atomic E-state index is 11.8. The number of halogens is 1. The molecule has 0 spiro atoms. The zero-order valence-electron chi connectivity index (χ0n) is 11.2. The van der Waals surface area contributed by atoms with Crippen molar-refractivity contribution in [3.8, 4) is 0 Å². The third-order valence-corrected chi connectivity index (χ3v) is 3.18. The molecule has 4 N–H and O–H groups in total. The zero-order chi connectivity index (χ0) is 15.4. The molecular formula is C14H14ClN3O3. The van der Waals surface area contributed by atoms with Crippen molar-refractivity contribution in [1.29, 1.82) is 0 Å². The molecule has 1 aromatic carbocycles. The van der Waals surface area contributed by atoms with Crippen LogP contribution in [0.3, 0.4) is 0 Å². The summed E-state index contributed by atoms with van der Waals surface area (Å²) in [5.74, 6) is -1.13. The number of carbonyl (C=O) groups is 2. The topological polar surface area (TPSA) is 94.2 Å². The zero-order valence-corrected chi connectivity index (χ0v) is 12.0. The highest BCUT2D eigenvalue weighted by molar-refractivity contribution is 6.31. The molecule has 21 heavy (non-hydrogen) atoms. The normalized spacial score (nSPS) is 10.2. The Morgan fingerprint density at radius 2 is 2.05 bits per heavy atom. The van der Waals surface area contributed by atoms with Crippen molar-refractivity contribution in [1.82, 2.24) is 10.3 Å². The van der Waals surface area contributed by atoms with Gasteiger partial charge in [0.2, 0.25) is 0 Å². The number of H-pyrrole nitrogens is 1. The minimum atomic E-state index is -1.13. The number of carbonyl (C=O) groups excluding carboxylic acids is 1. The molecule has 0 atom stereocenters. The van der Waals surface area contributed by atoms with Gasteiger partial charge >= 0.3 is 12.0 Å². The molecule has 0 unspecified atom stereocenters. The van der Waals surface area contributed by atoms with E-state index in [0.717, 1.165) is 5.56 Å². The monoisotopic (exact) mass is 307 g/mol. The van der Waals surface area contributed by atoms with Gasteiger partial charge in [-0.3, -0.25) is 0 Å². The lowest BCUT2D eigenvalue weighted by molar-refractivity contribution is 0.0692. The molecule has 110 valence electrons. The van der Waals surface area contributed by atoms with Gasteiger partial charge in [0.15, 0.2) is 0 Å². The van der Waals surface area contributed by atoms with Crippen molar-refractivity contribution < 1.29 is 14.7 Å². The average Bonchev–Trinajstić information content (AvgIpc) is 2.79. The van der Waals surface area contributed by atoms with Crippen LogP contribution in [0.2, 0.25) is 5.02 Å². The number of nitrogens with one attached hydrogen (secondary N) is 3. The van der Waals surface area contributed by atoms with E-state index >= 15 is 0 Å². The summed E-state index contributed by atoms with van der Waals surface area (Å²) in [6.07, 6.45) is 0. The third-order valence-electron chi connectivity index (χ3n) is 2.81. The largest absolute Gasteiger partial charge is 0.477 e. The second-order valence-corrected chi connectivity index (χ2v) is 4.85. The predicted octanol–water partition coefficient (Wildman–Crippen LogP) is 3.00. The molecule has 0 saturated carbocycles. The van der Waals surface area contributed by atoms with Crippen LogP contribution in [-0.2, 0) is 6.54 Å². The first-order valence-corrected chi connectivity index (χ1v) is 6.56. The maximum atomic E-state index is 11.8. The van der Waals surface area contributed by atoms with Crippen LogP contribution < -0.4 is 10.6 Å². The smallest absolute Gasteiger partial charge is 0.354 e. The minimum Gasteiger partial charge on any atom is -0.477 e. The van der Waals surface area contributed by atoms with Crippen LogP contribution in [0.4, 0.5) is 10.5 Å². The van der Waals surface area contributed by atoms with Crippen molar-refractivity contribution in [2.75, 3.05) is 5.32 Å². The number of aromatic amines is 1. The quantitative estimate of drug-likeness (QED) is 0.699. The lowest BCUT2D eigenvalue weighted by Crippen LogP contribution is -2.28. The number of urea groups is 1. The molecule has 2 amide bonds. The summed E-state index contributed by atoms with van der Waals surface area (Å²) in [7, 11) is 0. The van der Waals surface area contributed by atoms with Gasteiger partial charge < -0.3 is 20.7 Å². The van der Waals surface area contributed by atoms with Crippen LogP contribution in [0.15, 0.2) is 30.3 Å². The summed E-state index contributed by atoms with van der Waals surface area (Å²) < 4.78 is 0. The van der Waals surface area contributed by atoms with E-state index in [-0.39, 0.29) is 17.9 Å². The fourth-order valence-corrected chi connectivity index (χ4v) is 2.04. The van der Waals surface area contributed by atoms with E-state index in [9.17, 15) is 9.59 Å². The molecule has 0 fully saturated rings. The Hall–Kier alpha value is -2.47. The first kappa shape index (κ1) is 14.9. The minimum absolute atomic E-state index is 0.0552. The van der Waals surface area contributed by atoms with Crippen LogP contribution in [0, 0.1) is 6.92 Å². The van der Waals surface area contributed by atoms with Crippen LogP contribution in [0.25, 0.3) is 0 Å².